The summed E-state index contributed by atoms with van der Waals surface area (Å²) in [6, 6.07) is 11.5. The SMILES string of the molecule is CC(C)CCNCc1cc(Br)ccc1OCc1c(Cl)cccc1Cl. The number of halogens is 3. The third-order valence-corrected chi connectivity index (χ3v) is 4.87. The van der Waals surface area contributed by atoms with Gasteiger partial charge in [-0.1, -0.05) is 59.0 Å². The van der Waals surface area contributed by atoms with Crippen LogP contribution < -0.4 is 10.1 Å². The second-order valence-electron chi connectivity index (χ2n) is 6.10. The Hall–Kier alpha value is -0.740. The van der Waals surface area contributed by atoms with Crippen molar-refractivity contribution in [2.24, 2.45) is 5.92 Å². The van der Waals surface area contributed by atoms with E-state index in [0.717, 1.165) is 40.9 Å². The van der Waals surface area contributed by atoms with Crippen LogP contribution in [0.25, 0.3) is 0 Å². The smallest absolute Gasteiger partial charge is 0.124 e. The van der Waals surface area contributed by atoms with E-state index in [1.165, 1.54) is 0 Å². The van der Waals surface area contributed by atoms with Crippen molar-refractivity contribution in [3.63, 3.8) is 0 Å². The van der Waals surface area contributed by atoms with Gasteiger partial charge in [-0.2, -0.15) is 0 Å². The van der Waals surface area contributed by atoms with Gasteiger partial charge in [-0.3, -0.25) is 0 Å². The second-order valence-corrected chi connectivity index (χ2v) is 7.83. The Bertz CT molecular complexity index is 656. The number of rotatable bonds is 8. The van der Waals surface area contributed by atoms with Crippen molar-refractivity contribution in [1.29, 1.82) is 0 Å². The minimum absolute atomic E-state index is 0.346. The molecule has 0 aliphatic heterocycles. The van der Waals surface area contributed by atoms with Crippen molar-refractivity contribution in [2.45, 2.75) is 33.4 Å². The van der Waals surface area contributed by atoms with Gasteiger partial charge in [-0.05, 0) is 49.2 Å². The maximum absolute atomic E-state index is 6.21. The van der Waals surface area contributed by atoms with Crippen molar-refractivity contribution in [1.82, 2.24) is 5.32 Å². The topological polar surface area (TPSA) is 21.3 Å². The van der Waals surface area contributed by atoms with Crippen LogP contribution in [0.4, 0.5) is 0 Å². The van der Waals surface area contributed by atoms with E-state index in [0.29, 0.717) is 22.6 Å². The quantitative estimate of drug-likeness (QED) is 0.484. The fourth-order valence-corrected chi connectivity index (χ4v) is 3.18. The Morgan fingerprint density at radius 3 is 2.50 bits per heavy atom. The highest BCUT2D eigenvalue weighted by Gasteiger charge is 2.09. The summed E-state index contributed by atoms with van der Waals surface area (Å²) in [5.41, 5.74) is 1.92. The van der Waals surface area contributed by atoms with E-state index >= 15 is 0 Å². The van der Waals surface area contributed by atoms with Crippen molar-refractivity contribution in [2.75, 3.05) is 6.54 Å². The molecule has 130 valence electrons. The molecule has 2 aromatic rings. The van der Waals surface area contributed by atoms with Crippen LogP contribution in [-0.4, -0.2) is 6.54 Å². The molecule has 0 aromatic heterocycles. The van der Waals surface area contributed by atoms with Crippen molar-refractivity contribution in [3.8, 4) is 5.75 Å². The first-order valence-electron chi connectivity index (χ1n) is 8.02. The van der Waals surface area contributed by atoms with Crippen LogP contribution in [-0.2, 0) is 13.2 Å². The fraction of sp³-hybridized carbons (Fsp3) is 0.368. The largest absolute Gasteiger partial charge is 0.488 e. The first-order chi connectivity index (χ1) is 11.5. The highest BCUT2D eigenvalue weighted by Crippen LogP contribution is 2.28. The molecule has 0 aliphatic carbocycles. The molecule has 0 bridgehead atoms. The van der Waals surface area contributed by atoms with Gasteiger partial charge in [0.2, 0.25) is 0 Å². The molecule has 0 atom stereocenters. The van der Waals surface area contributed by atoms with Crippen LogP contribution in [0.15, 0.2) is 40.9 Å². The lowest BCUT2D eigenvalue weighted by Crippen LogP contribution is -2.17. The molecule has 0 aliphatic rings. The van der Waals surface area contributed by atoms with Gasteiger partial charge in [0.25, 0.3) is 0 Å². The van der Waals surface area contributed by atoms with Gasteiger partial charge < -0.3 is 10.1 Å². The van der Waals surface area contributed by atoms with E-state index in [4.69, 9.17) is 27.9 Å². The first-order valence-corrected chi connectivity index (χ1v) is 9.57. The lowest BCUT2D eigenvalue weighted by molar-refractivity contribution is 0.302. The molecule has 0 spiro atoms. The lowest BCUT2D eigenvalue weighted by atomic mass is 10.1. The summed E-state index contributed by atoms with van der Waals surface area (Å²) < 4.78 is 7.02. The molecule has 0 saturated carbocycles. The number of ether oxygens (including phenoxy) is 1. The Kier molecular flexibility index (Phi) is 7.89. The van der Waals surface area contributed by atoms with Gasteiger partial charge in [0.15, 0.2) is 0 Å². The Morgan fingerprint density at radius 1 is 1.12 bits per heavy atom. The number of hydrogen-bond acceptors (Lipinski definition) is 2. The molecule has 2 aromatic carbocycles. The van der Waals surface area contributed by atoms with E-state index in [-0.39, 0.29) is 0 Å². The van der Waals surface area contributed by atoms with Crippen LogP contribution >= 0.6 is 39.1 Å². The molecule has 0 saturated heterocycles. The normalized spacial score (nSPS) is 11.1. The summed E-state index contributed by atoms with van der Waals surface area (Å²) in [6.45, 7) is 6.54. The number of benzene rings is 2. The summed E-state index contributed by atoms with van der Waals surface area (Å²) in [7, 11) is 0. The molecule has 0 fully saturated rings. The zero-order chi connectivity index (χ0) is 17.5. The van der Waals surface area contributed by atoms with Gasteiger partial charge in [0, 0.05) is 32.2 Å². The minimum Gasteiger partial charge on any atom is -0.488 e. The van der Waals surface area contributed by atoms with E-state index in [1.807, 2.05) is 30.3 Å². The van der Waals surface area contributed by atoms with Crippen molar-refractivity contribution >= 4 is 39.1 Å². The molecule has 1 N–H and O–H groups in total. The highest BCUT2D eigenvalue weighted by atomic mass is 79.9. The van der Waals surface area contributed by atoms with Crippen LogP contribution in [0, 0.1) is 5.92 Å². The molecule has 2 nitrogen and oxygen atoms in total. The molecule has 24 heavy (non-hydrogen) atoms. The van der Waals surface area contributed by atoms with Gasteiger partial charge in [0.1, 0.15) is 12.4 Å². The molecule has 2 rings (SSSR count). The van der Waals surface area contributed by atoms with E-state index < -0.39 is 0 Å². The summed E-state index contributed by atoms with van der Waals surface area (Å²) in [5.74, 6) is 1.53. The third kappa shape index (κ3) is 5.96. The monoisotopic (exact) mass is 429 g/mol. The summed E-state index contributed by atoms with van der Waals surface area (Å²) in [5, 5.41) is 4.71. The molecule has 0 amide bonds. The average molecular weight is 431 g/mol. The second kappa shape index (κ2) is 9.67. The van der Waals surface area contributed by atoms with Crippen LogP contribution in [0.5, 0.6) is 5.75 Å². The van der Waals surface area contributed by atoms with Gasteiger partial charge in [-0.25, -0.2) is 0 Å². The van der Waals surface area contributed by atoms with E-state index in [9.17, 15) is 0 Å². The number of hydrogen-bond donors (Lipinski definition) is 1. The zero-order valence-electron chi connectivity index (χ0n) is 13.9. The van der Waals surface area contributed by atoms with Crippen LogP contribution in [0.3, 0.4) is 0 Å². The molecule has 0 unspecified atom stereocenters. The van der Waals surface area contributed by atoms with Gasteiger partial charge >= 0.3 is 0 Å². The van der Waals surface area contributed by atoms with E-state index in [2.05, 4.69) is 41.2 Å². The zero-order valence-corrected chi connectivity index (χ0v) is 17.0. The average Bonchev–Trinajstić information content (AvgIpc) is 2.52. The standard InChI is InChI=1S/C19H22BrCl2NO/c1-13(2)8-9-23-11-14-10-15(20)6-7-19(14)24-12-16-17(21)4-3-5-18(16)22/h3-7,10,13,23H,8-9,11-12H2,1-2H3. The molecular formula is C19H22BrCl2NO. The maximum Gasteiger partial charge on any atom is 0.124 e. The number of nitrogens with one attached hydrogen (secondary N) is 1. The predicted octanol–water partition coefficient (Wildman–Crippen LogP) is 6.47. The predicted molar refractivity (Wildman–Crippen MR) is 106 cm³/mol. The first kappa shape index (κ1) is 19.6. The molecular weight excluding hydrogens is 409 g/mol. The minimum atomic E-state index is 0.346. The van der Waals surface area contributed by atoms with Crippen molar-refractivity contribution < 1.29 is 4.74 Å². The Balaban J connectivity index is 2.04. The molecule has 0 radical (unpaired) electrons. The van der Waals surface area contributed by atoms with E-state index in [1.54, 1.807) is 0 Å². The highest BCUT2D eigenvalue weighted by molar-refractivity contribution is 9.10. The summed E-state index contributed by atoms with van der Waals surface area (Å²) in [4.78, 5) is 0. The summed E-state index contributed by atoms with van der Waals surface area (Å²) >= 11 is 15.9. The maximum atomic E-state index is 6.21. The van der Waals surface area contributed by atoms with Crippen LogP contribution in [0.2, 0.25) is 10.0 Å². The van der Waals surface area contributed by atoms with Crippen LogP contribution in [0.1, 0.15) is 31.4 Å². The lowest BCUT2D eigenvalue weighted by Gasteiger charge is -2.14. The molecule has 5 heteroatoms. The fourth-order valence-electron chi connectivity index (χ4n) is 2.26. The van der Waals surface area contributed by atoms with Gasteiger partial charge in [-0.15, -0.1) is 0 Å². The van der Waals surface area contributed by atoms with Crippen molar-refractivity contribution in [3.05, 3.63) is 62.0 Å². The van der Waals surface area contributed by atoms with Gasteiger partial charge in [0.05, 0.1) is 0 Å². The summed E-state index contributed by atoms with van der Waals surface area (Å²) in [6.07, 6.45) is 1.15. The Labute approximate surface area is 162 Å². The molecule has 0 heterocycles. The Morgan fingerprint density at radius 2 is 1.83 bits per heavy atom. The third-order valence-electron chi connectivity index (χ3n) is 3.67.